The summed E-state index contributed by atoms with van der Waals surface area (Å²) >= 11 is 0. The predicted molar refractivity (Wildman–Crippen MR) is 76.8 cm³/mol. The summed E-state index contributed by atoms with van der Waals surface area (Å²) in [4.78, 5) is 14.5. The second-order valence-corrected chi connectivity index (χ2v) is 4.94. The first kappa shape index (κ1) is 13.3. The van der Waals surface area contributed by atoms with Crippen LogP contribution in [-0.2, 0) is 0 Å². The van der Waals surface area contributed by atoms with Crippen molar-refractivity contribution >= 4 is 5.82 Å². The van der Waals surface area contributed by atoms with E-state index in [0.29, 0.717) is 24.0 Å². The molecule has 21 heavy (non-hydrogen) atoms. The molecule has 1 aliphatic heterocycles. The van der Waals surface area contributed by atoms with Gasteiger partial charge < -0.3 is 9.64 Å². The standard InChI is InChI=1S/C15H15N5O/c16-8-13-2-1-4-19-15(13)20-7-3-12(10-20)11-21-14-9-17-5-6-18-14/h1-2,4-6,9,12H,3,7,10-11H2. The molecule has 0 radical (unpaired) electrons. The van der Waals surface area contributed by atoms with Gasteiger partial charge >= 0.3 is 0 Å². The molecule has 0 bridgehead atoms. The molecule has 1 aliphatic rings. The Morgan fingerprint density at radius 3 is 3.10 bits per heavy atom. The number of hydrogen-bond donors (Lipinski definition) is 0. The zero-order valence-corrected chi connectivity index (χ0v) is 11.5. The van der Waals surface area contributed by atoms with Gasteiger partial charge in [0.1, 0.15) is 11.9 Å². The van der Waals surface area contributed by atoms with Crippen LogP contribution in [0.4, 0.5) is 5.82 Å². The number of anilines is 1. The fraction of sp³-hybridized carbons (Fsp3) is 0.333. The maximum atomic E-state index is 9.14. The molecule has 0 amide bonds. The molecule has 106 valence electrons. The van der Waals surface area contributed by atoms with E-state index in [9.17, 15) is 0 Å². The zero-order chi connectivity index (χ0) is 14.5. The number of aromatic nitrogens is 3. The van der Waals surface area contributed by atoms with E-state index < -0.39 is 0 Å². The molecule has 0 spiro atoms. The highest BCUT2D eigenvalue weighted by atomic mass is 16.5. The first-order chi connectivity index (χ1) is 10.4. The maximum Gasteiger partial charge on any atom is 0.232 e. The van der Waals surface area contributed by atoms with Crippen molar-refractivity contribution in [3.05, 3.63) is 42.5 Å². The normalized spacial score (nSPS) is 17.5. The van der Waals surface area contributed by atoms with Crippen molar-refractivity contribution in [3.63, 3.8) is 0 Å². The Morgan fingerprint density at radius 1 is 1.33 bits per heavy atom. The summed E-state index contributed by atoms with van der Waals surface area (Å²) in [7, 11) is 0. The molecule has 1 unspecified atom stereocenters. The van der Waals surface area contributed by atoms with E-state index in [1.165, 1.54) is 0 Å². The van der Waals surface area contributed by atoms with Gasteiger partial charge in [0.25, 0.3) is 0 Å². The summed E-state index contributed by atoms with van der Waals surface area (Å²) in [6.07, 6.45) is 7.58. The molecule has 6 nitrogen and oxygen atoms in total. The molecule has 3 heterocycles. The third-order valence-electron chi connectivity index (χ3n) is 3.50. The average molecular weight is 281 g/mol. The van der Waals surface area contributed by atoms with Gasteiger partial charge in [-0.1, -0.05) is 0 Å². The van der Waals surface area contributed by atoms with Crippen LogP contribution in [0, 0.1) is 17.2 Å². The Morgan fingerprint density at radius 2 is 2.29 bits per heavy atom. The minimum atomic E-state index is 0.403. The van der Waals surface area contributed by atoms with Crippen LogP contribution in [0.1, 0.15) is 12.0 Å². The molecule has 0 N–H and O–H groups in total. The van der Waals surface area contributed by atoms with Crippen molar-refractivity contribution in [2.24, 2.45) is 5.92 Å². The van der Waals surface area contributed by atoms with Crippen molar-refractivity contribution in [2.75, 3.05) is 24.6 Å². The minimum absolute atomic E-state index is 0.403. The van der Waals surface area contributed by atoms with Crippen LogP contribution in [0.3, 0.4) is 0 Å². The SMILES string of the molecule is N#Cc1cccnc1N1CCC(COc2cnccn2)C1. The van der Waals surface area contributed by atoms with Gasteiger partial charge in [-0.25, -0.2) is 9.97 Å². The van der Waals surface area contributed by atoms with Crippen LogP contribution in [-0.4, -0.2) is 34.6 Å². The van der Waals surface area contributed by atoms with Gasteiger partial charge in [0.2, 0.25) is 5.88 Å². The Labute approximate surface area is 123 Å². The summed E-state index contributed by atoms with van der Waals surface area (Å²) in [6.45, 7) is 2.33. The van der Waals surface area contributed by atoms with Crippen LogP contribution in [0.15, 0.2) is 36.9 Å². The van der Waals surface area contributed by atoms with Crippen LogP contribution < -0.4 is 9.64 Å². The van der Waals surface area contributed by atoms with E-state index in [1.807, 2.05) is 0 Å². The highest BCUT2D eigenvalue weighted by Gasteiger charge is 2.25. The molecule has 1 fully saturated rings. The number of nitrogens with zero attached hydrogens (tertiary/aromatic N) is 5. The molecule has 6 heteroatoms. The molecular formula is C15H15N5O. The summed E-state index contributed by atoms with van der Waals surface area (Å²) in [5.41, 5.74) is 0.619. The molecule has 0 aliphatic carbocycles. The van der Waals surface area contributed by atoms with Gasteiger partial charge in [-0.05, 0) is 18.6 Å². The van der Waals surface area contributed by atoms with E-state index >= 15 is 0 Å². The molecule has 1 saturated heterocycles. The average Bonchev–Trinajstić information content (AvgIpc) is 3.02. The second-order valence-electron chi connectivity index (χ2n) is 4.94. The number of pyridine rings is 1. The molecule has 0 aromatic carbocycles. The van der Waals surface area contributed by atoms with Gasteiger partial charge in [-0.3, -0.25) is 4.98 Å². The maximum absolute atomic E-state index is 9.14. The summed E-state index contributed by atoms with van der Waals surface area (Å²) in [5, 5.41) is 9.14. The highest BCUT2D eigenvalue weighted by Crippen LogP contribution is 2.25. The Hall–Kier alpha value is -2.68. The van der Waals surface area contributed by atoms with E-state index in [-0.39, 0.29) is 0 Å². The summed E-state index contributed by atoms with van der Waals surface area (Å²) in [5.74, 6) is 1.72. The number of hydrogen-bond acceptors (Lipinski definition) is 6. The molecule has 2 aromatic rings. The van der Waals surface area contributed by atoms with Crippen molar-refractivity contribution < 1.29 is 4.74 Å². The zero-order valence-electron chi connectivity index (χ0n) is 11.5. The molecule has 1 atom stereocenters. The number of rotatable bonds is 4. The Balaban J connectivity index is 1.60. The fourth-order valence-electron chi connectivity index (χ4n) is 2.46. The Kier molecular flexibility index (Phi) is 3.92. The van der Waals surface area contributed by atoms with E-state index in [2.05, 4.69) is 25.9 Å². The molecular weight excluding hydrogens is 266 g/mol. The first-order valence-electron chi connectivity index (χ1n) is 6.85. The summed E-state index contributed by atoms with van der Waals surface area (Å²) in [6, 6.07) is 5.77. The van der Waals surface area contributed by atoms with Gasteiger partial charge in [-0.2, -0.15) is 5.26 Å². The van der Waals surface area contributed by atoms with Gasteiger partial charge in [0, 0.05) is 37.6 Å². The highest BCUT2D eigenvalue weighted by molar-refractivity contribution is 5.54. The van der Waals surface area contributed by atoms with Crippen molar-refractivity contribution in [2.45, 2.75) is 6.42 Å². The Bertz CT molecular complexity index is 640. The molecule has 0 saturated carbocycles. The summed E-state index contributed by atoms with van der Waals surface area (Å²) < 4.78 is 5.64. The van der Waals surface area contributed by atoms with E-state index in [4.69, 9.17) is 10.00 Å². The van der Waals surface area contributed by atoms with Gasteiger partial charge in [0.05, 0.1) is 18.4 Å². The topological polar surface area (TPSA) is 74.9 Å². The van der Waals surface area contributed by atoms with E-state index in [1.54, 1.807) is 36.9 Å². The number of ether oxygens (including phenoxy) is 1. The fourth-order valence-corrected chi connectivity index (χ4v) is 2.46. The first-order valence-corrected chi connectivity index (χ1v) is 6.85. The van der Waals surface area contributed by atoms with Crippen LogP contribution >= 0.6 is 0 Å². The second kappa shape index (κ2) is 6.18. The van der Waals surface area contributed by atoms with Crippen LogP contribution in [0.5, 0.6) is 5.88 Å². The van der Waals surface area contributed by atoms with E-state index in [0.717, 1.165) is 25.3 Å². The monoisotopic (exact) mass is 281 g/mol. The lowest BCUT2D eigenvalue weighted by molar-refractivity contribution is 0.251. The van der Waals surface area contributed by atoms with Crippen molar-refractivity contribution in [1.82, 2.24) is 15.0 Å². The van der Waals surface area contributed by atoms with Gasteiger partial charge in [-0.15, -0.1) is 0 Å². The lowest BCUT2D eigenvalue weighted by atomic mass is 10.1. The van der Waals surface area contributed by atoms with Gasteiger partial charge in [0.15, 0.2) is 0 Å². The van der Waals surface area contributed by atoms with Crippen molar-refractivity contribution in [3.8, 4) is 11.9 Å². The third-order valence-corrected chi connectivity index (χ3v) is 3.50. The predicted octanol–water partition coefficient (Wildman–Crippen LogP) is 1.65. The van der Waals surface area contributed by atoms with Crippen LogP contribution in [0.2, 0.25) is 0 Å². The molecule has 3 rings (SSSR count). The van der Waals surface area contributed by atoms with Crippen LogP contribution in [0.25, 0.3) is 0 Å². The minimum Gasteiger partial charge on any atom is -0.476 e. The lowest BCUT2D eigenvalue weighted by Crippen LogP contribution is -2.23. The number of nitriles is 1. The van der Waals surface area contributed by atoms with Crippen molar-refractivity contribution in [1.29, 1.82) is 5.26 Å². The molecule has 2 aromatic heterocycles. The quantitative estimate of drug-likeness (QED) is 0.848. The smallest absolute Gasteiger partial charge is 0.232 e. The third kappa shape index (κ3) is 3.08. The lowest BCUT2D eigenvalue weighted by Gasteiger charge is -2.18. The largest absolute Gasteiger partial charge is 0.476 e.